The molecule has 0 aliphatic carbocycles. The summed E-state index contributed by atoms with van der Waals surface area (Å²) in [6, 6.07) is 14.8. The highest BCUT2D eigenvalue weighted by Gasteiger charge is 2.34. The summed E-state index contributed by atoms with van der Waals surface area (Å²) < 4.78 is 11.5. The number of halogens is 1. The molecule has 6 nitrogen and oxygen atoms in total. The highest BCUT2D eigenvalue weighted by Crippen LogP contribution is 2.34. The van der Waals surface area contributed by atoms with Gasteiger partial charge in [0.25, 0.3) is 11.1 Å². The van der Waals surface area contributed by atoms with Gasteiger partial charge in [0.05, 0.1) is 21.0 Å². The van der Waals surface area contributed by atoms with Crippen LogP contribution >= 0.6 is 27.7 Å². The Morgan fingerprint density at radius 2 is 2.03 bits per heavy atom. The molecule has 8 heteroatoms. The lowest BCUT2D eigenvalue weighted by atomic mass is 10.1. The SMILES string of the molecule is COCCCN1C(=O)S/C(=C/c2ccc(OCc3ccccc3C#N)c(Br)c2)C1=O. The van der Waals surface area contributed by atoms with Crippen LogP contribution in [0.15, 0.2) is 51.8 Å². The second kappa shape index (κ2) is 10.4. The zero-order valence-corrected chi connectivity index (χ0v) is 18.7. The second-order valence-corrected chi connectivity index (χ2v) is 8.27. The number of hydrogen-bond donors (Lipinski definition) is 0. The molecule has 2 aromatic rings. The highest BCUT2D eigenvalue weighted by molar-refractivity contribution is 9.10. The van der Waals surface area contributed by atoms with E-state index in [0.29, 0.717) is 40.3 Å². The maximum Gasteiger partial charge on any atom is 0.293 e. The Morgan fingerprint density at radius 3 is 2.77 bits per heavy atom. The van der Waals surface area contributed by atoms with Crippen molar-refractivity contribution in [1.29, 1.82) is 5.26 Å². The molecule has 0 aromatic heterocycles. The van der Waals surface area contributed by atoms with E-state index in [1.165, 1.54) is 4.90 Å². The molecule has 2 aromatic carbocycles. The smallest absolute Gasteiger partial charge is 0.293 e. The second-order valence-electron chi connectivity index (χ2n) is 6.43. The van der Waals surface area contributed by atoms with E-state index in [1.54, 1.807) is 25.3 Å². The van der Waals surface area contributed by atoms with Crippen LogP contribution in [0.1, 0.15) is 23.1 Å². The van der Waals surface area contributed by atoms with E-state index in [4.69, 9.17) is 9.47 Å². The molecule has 3 rings (SSSR count). The molecule has 0 saturated carbocycles. The zero-order valence-electron chi connectivity index (χ0n) is 16.3. The Balaban J connectivity index is 1.69. The predicted octanol–water partition coefficient (Wildman–Crippen LogP) is 4.97. The van der Waals surface area contributed by atoms with Crippen LogP contribution in [0.5, 0.6) is 5.75 Å². The number of thioether (sulfide) groups is 1. The minimum Gasteiger partial charge on any atom is -0.488 e. The number of benzene rings is 2. The molecule has 0 bridgehead atoms. The molecule has 2 amide bonds. The van der Waals surface area contributed by atoms with E-state index in [9.17, 15) is 14.9 Å². The monoisotopic (exact) mass is 486 g/mol. The molecule has 1 aliphatic rings. The maximum absolute atomic E-state index is 12.5. The third kappa shape index (κ3) is 5.30. The molecule has 0 unspecified atom stereocenters. The van der Waals surface area contributed by atoms with Crippen LogP contribution in [0.3, 0.4) is 0 Å². The molecule has 0 atom stereocenters. The van der Waals surface area contributed by atoms with Gasteiger partial charge < -0.3 is 9.47 Å². The predicted molar refractivity (Wildman–Crippen MR) is 119 cm³/mol. The third-order valence-electron chi connectivity index (χ3n) is 4.38. The fraction of sp³-hybridized carbons (Fsp3) is 0.227. The Morgan fingerprint density at radius 1 is 1.23 bits per heavy atom. The number of carbonyl (C=O) groups excluding carboxylic acids is 2. The van der Waals surface area contributed by atoms with Crippen molar-refractivity contribution in [3.8, 4) is 11.8 Å². The van der Waals surface area contributed by atoms with Gasteiger partial charge in [-0.2, -0.15) is 5.26 Å². The molecule has 0 N–H and O–H groups in total. The van der Waals surface area contributed by atoms with Crippen LogP contribution in [0.25, 0.3) is 6.08 Å². The molecular formula is C22H19BrN2O4S. The average Bonchev–Trinajstić information content (AvgIpc) is 3.01. The topological polar surface area (TPSA) is 79.6 Å². The van der Waals surface area contributed by atoms with Crippen LogP contribution in [0.4, 0.5) is 4.79 Å². The first-order valence-corrected chi connectivity index (χ1v) is 10.8. The first-order valence-electron chi connectivity index (χ1n) is 9.18. The van der Waals surface area contributed by atoms with Crippen molar-refractivity contribution >= 4 is 44.9 Å². The fourth-order valence-corrected chi connectivity index (χ4v) is 4.22. The van der Waals surface area contributed by atoms with Crippen molar-refractivity contribution in [3.63, 3.8) is 0 Å². The van der Waals surface area contributed by atoms with Crippen LogP contribution in [0, 0.1) is 11.3 Å². The summed E-state index contributed by atoms with van der Waals surface area (Å²) in [4.78, 5) is 26.2. The molecule has 1 heterocycles. The molecule has 154 valence electrons. The van der Waals surface area contributed by atoms with E-state index in [2.05, 4.69) is 22.0 Å². The molecule has 1 saturated heterocycles. The molecule has 0 spiro atoms. The summed E-state index contributed by atoms with van der Waals surface area (Å²) in [5, 5.41) is 8.91. The normalized spacial score (nSPS) is 15.0. The van der Waals surface area contributed by atoms with E-state index >= 15 is 0 Å². The number of hydrogen-bond acceptors (Lipinski definition) is 6. The number of nitriles is 1. The van der Waals surface area contributed by atoms with Crippen molar-refractivity contribution in [1.82, 2.24) is 4.90 Å². The van der Waals surface area contributed by atoms with Crippen LogP contribution in [0.2, 0.25) is 0 Å². The summed E-state index contributed by atoms with van der Waals surface area (Å²) in [6.07, 6.45) is 2.30. The summed E-state index contributed by atoms with van der Waals surface area (Å²) in [6.45, 7) is 1.10. The Kier molecular flexibility index (Phi) is 7.69. The maximum atomic E-state index is 12.5. The van der Waals surface area contributed by atoms with Crippen LogP contribution < -0.4 is 4.74 Å². The van der Waals surface area contributed by atoms with Gasteiger partial charge in [-0.05, 0) is 64.0 Å². The quantitative estimate of drug-likeness (QED) is 0.386. The minimum atomic E-state index is -0.286. The van der Waals surface area contributed by atoms with Gasteiger partial charge in [0.1, 0.15) is 12.4 Å². The van der Waals surface area contributed by atoms with Gasteiger partial charge in [0, 0.05) is 25.8 Å². The fourth-order valence-electron chi connectivity index (χ4n) is 2.85. The van der Waals surface area contributed by atoms with E-state index in [0.717, 1.165) is 22.9 Å². The first-order chi connectivity index (χ1) is 14.5. The average molecular weight is 487 g/mol. The van der Waals surface area contributed by atoms with Gasteiger partial charge in [-0.1, -0.05) is 24.3 Å². The van der Waals surface area contributed by atoms with E-state index < -0.39 is 0 Å². The molecule has 1 fully saturated rings. The Hall–Kier alpha value is -2.60. The van der Waals surface area contributed by atoms with E-state index in [1.807, 2.05) is 30.3 Å². The molecule has 1 aliphatic heterocycles. The van der Waals surface area contributed by atoms with Gasteiger partial charge in [-0.25, -0.2) is 0 Å². The van der Waals surface area contributed by atoms with E-state index in [-0.39, 0.29) is 17.8 Å². The minimum absolute atomic E-state index is 0.266. The van der Waals surface area contributed by atoms with Crippen LogP contribution in [-0.2, 0) is 16.1 Å². The molecule has 30 heavy (non-hydrogen) atoms. The Labute approximate surface area is 187 Å². The van der Waals surface area contributed by atoms with Crippen LogP contribution in [-0.4, -0.2) is 36.3 Å². The van der Waals surface area contributed by atoms with Gasteiger partial charge in [0.2, 0.25) is 0 Å². The number of rotatable bonds is 8. The highest BCUT2D eigenvalue weighted by atomic mass is 79.9. The number of amides is 2. The van der Waals surface area contributed by atoms with Gasteiger partial charge in [-0.3, -0.25) is 14.5 Å². The number of carbonyl (C=O) groups is 2. The lowest BCUT2D eigenvalue weighted by Gasteiger charge is -2.11. The summed E-state index contributed by atoms with van der Waals surface area (Å²) >= 11 is 4.42. The summed E-state index contributed by atoms with van der Waals surface area (Å²) in [5.41, 5.74) is 2.15. The van der Waals surface area contributed by atoms with Gasteiger partial charge in [0.15, 0.2) is 0 Å². The Bertz CT molecular complexity index is 1030. The van der Waals surface area contributed by atoms with Gasteiger partial charge >= 0.3 is 0 Å². The van der Waals surface area contributed by atoms with Crippen molar-refractivity contribution in [3.05, 3.63) is 68.5 Å². The molecule has 0 radical (unpaired) electrons. The number of methoxy groups -OCH3 is 1. The van der Waals surface area contributed by atoms with Crippen molar-refractivity contribution in [2.24, 2.45) is 0 Å². The van der Waals surface area contributed by atoms with Crippen molar-refractivity contribution in [2.45, 2.75) is 13.0 Å². The van der Waals surface area contributed by atoms with Gasteiger partial charge in [-0.15, -0.1) is 0 Å². The number of nitrogens with zero attached hydrogens (tertiary/aromatic N) is 2. The standard InChI is InChI=1S/C22H19BrN2O4S/c1-28-10-4-9-25-21(26)20(30-22(25)27)12-15-7-8-19(18(23)11-15)29-14-17-6-3-2-5-16(17)13-24/h2-3,5-8,11-12H,4,9-10,14H2,1H3/b20-12+. The number of ether oxygens (including phenoxy) is 2. The summed E-state index contributed by atoms with van der Waals surface area (Å²) in [7, 11) is 1.58. The summed E-state index contributed by atoms with van der Waals surface area (Å²) in [5.74, 6) is 0.332. The lowest BCUT2D eigenvalue weighted by Crippen LogP contribution is -2.29. The first kappa shape index (κ1) is 22.1. The number of imide groups is 1. The lowest BCUT2D eigenvalue weighted by molar-refractivity contribution is -0.122. The van der Waals surface area contributed by atoms with Crippen molar-refractivity contribution < 1.29 is 19.1 Å². The third-order valence-corrected chi connectivity index (χ3v) is 5.91. The molecular weight excluding hydrogens is 468 g/mol. The van der Waals surface area contributed by atoms with Crippen molar-refractivity contribution in [2.75, 3.05) is 20.3 Å². The largest absolute Gasteiger partial charge is 0.488 e. The zero-order chi connectivity index (χ0) is 21.5.